The zero-order valence-corrected chi connectivity index (χ0v) is 10.6. The molecule has 0 amide bonds. The van der Waals surface area contributed by atoms with Crippen molar-refractivity contribution < 1.29 is 13.7 Å². The van der Waals surface area contributed by atoms with Crippen LogP contribution in [-0.4, -0.2) is 4.92 Å². The van der Waals surface area contributed by atoms with Crippen molar-refractivity contribution in [1.29, 1.82) is 0 Å². The number of furan rings is 1. The maximum absolute atomic E-state index is 12.9. The van der Waals surface area contributed by atoms with E-state index >= 15 is 0 Å². The lowest BCUT2D eigenvalue weighted by atomic mass is 10.3. The van der Waals surface area contributed by atoms with E-state index in [1.54, 1.807) is 6.07 Å². The summed E-state index contributed by atoms with van der Waals surface area (Å²) in [6.45, 7) is 0.276. The summed E-state index contributed by atoms with van der Waals surface area (Å²) in [5, 5.41) is 13.4. The van der Waals surface area contributed by atoms with Gasteiger partial charge in [-0.2, -0.15) is 0 Å². The number of halogens is 2. The third-order valence-corrected chi connectivity index (χ3v) is 2.87. The zero-order valence-electron chi connectivity index (χ0n) is 9.02. The van der Waals surface area contributed by atoms with Crippen LogP contribution in [0.15, 0.2) is 39.2 Å². The highest BCUT2D eigenvalue weighted by Crippen LogP contribution is 2.24. The Morgan fingerprint density at radius 3 is 2.78 bits per heavy atom. The van der Waals surface area contributed by atoms with E-state index in [4.69, 9.17) is 4.42 Å². The predicted molar refractivity (Wildman–Crippen MR) is 66.8 cm³/mol. The molecule has 2 rings (SSSR count). The molecule has 1 heterocycles. The van der Waals surface area contributed by atoms with Gasteiger partial charge in [-0.25, -0.2) is 4.39 Å². The number of anilines is 1. The van der Waals surface area contributed by atoms with Gasteiger partial charge in [0, 0.05) is 10.2 Å². The van der Waals surface area contributed by atoms with Crippen molar-refractivity contribution in [2.75, 3.05) is 5.32 Å². The monoisotopic (exact) mass is 314 g/mol. The van der Waals surface area contributed by atoms with Crippen molar-refractivity contribution in [3.05, 3.63) is 56.5 Å². The van der Waals surface area contributed by atoms with Gasteiger partial charge >= 0.3 is 5.88 Å². The fourth-order valence-corrected chi connectivity index (χ4v) is 1.87. The summed E-state index contributed by atoms with van der Waals surface area (Å²) in [5.74, 6) is -0.219. The molecule has 1 N–H and O–H groups in total. The van der Waals surface area contributed by atoms with E-state index in [2.05, 4.69) is 21.2 Å². The van der Waals surface area contributed by atoms with E-state index in [-0.39, 0.29) is 18.2 Å². The van der Waals surface area contributed by atoms with Gasteiger partial charge in [-0.3, -0.25) is 10.1 Å². The Hall–Kier alpha value is -1.89. The van der Waals surface area contributed by atoms with Crippen LogP contribution in [0.1, 0.15) is 5.76 Å². The zero-order chi connectivity index (χ0) is 13.1. The molecule has 94 valence electrons. The van der Waals surface area contributed by atoms with Crippen molar-refractivity contribution in [2.45, 2.75) is 6.54 Å². The molecule has 0 aliphatic rings. The summed E-state index contributed by atoms with van der Waals surface area (Å²) < 4.78 is 18.4. The van der Waals surface area contributed by atoms with Crippen molar-refractivity contribution in [3.63, 3.8) is 0 Å². The molecule has 0 unspecified atom stereocenters. The first kappa shape index (κ1) is 12.6. The standard InChI is InChI=1S/C11H8BrFN2O3/c12-9-5-7(13)1-3-10(9)14-6-8-2-4-11(18-8)15(16)17/h1-5,14H,6H2. The number of hydrogen-bond donors (Lipinski definition) is 1. The Labute approximate surface area is 110 Å². The molecular formula is C11H8BrFN2O3. The molecule has 0 radical (unpaired) electrons. The molecule has 0 saturated heterocycles. The van der Waals surface area contributed by atoms with E-state index in [0.717, 1.165) is 0 Å². The molecule has 0 saturated carbocycles. The lowest BCUT2D eigenvalue weighted by Crippen LogP contribution is -1.99. The average molecular weight is 315 g/mol. The summed E-state index contributed by atoms with van der Waals surface area (Å²) in [4.78, 5) is 9.82. The van der Waals surface area contributed by atoms with Crippen molar-refractivity contribution in [1.82, 2.24) is 0 Å². The van der Waals surface area contributed by atoms with Crippen LogP contribution in [0.2, 0.25) is 0 Å². The van der Waals surface area contributed by atoms with E-state index in [1.165, 1.54) is 24.3 Å². The largest absolute Gasteiger partial charge is 0.433 e. The van der Waals surface area contributed by atoms with Crippen LogP contribution in [0, 0.1) is 15.9 Å². The van der Waals surface area contributed by atoms with E-state index in [1.807, 2.05) is 0 Å². The number of nitrogens with one attached hydrogen (secondary N) is 1. The van der Waals surface area contributed by atoms with Gasteiger partial charge in [-0.15, -0.1) is 0 Å². The number of hydrogen-bond acceptors (Lipinski definition) is 4. The quantitative estimate of drug-likeness (QED) is 0.690. The number of benzene rings is 1. The van der Waals surface area contributed by atoms with Gasteiger partial charge in [0.1, 0.15) is 16.5 Å². The van der Waals surface area contributed by atoms with Crippen molar-refractivity contribution in [3.8, 4) is 0 Å². The fraction of sp³-hybridized carbons (Fsp3) is 0.0909. The van der Waals surface area contributed by atoms with Gasteiger partial charge in [-0.1, -0.05) is 0 Å². The minimum Gasteiger partial charge on any atom is -0.404 e. The molecule has 0 fully saturated rings. The van der Waals surface area contributed by atoms with Crippen LogP contribution < -0.4 is 5.32 Å². The molecule has 18 heavy (non-hydrogen) atoms. The van der Waals surface area contributed by atoms with Crippen LogP contribution >= 0.6 is 15.9 Å². The molecular weight excluding hydrogens is 307 g/mol. The lowest BCUT2D eigenvalue weighted by molar-refractivity contribution is -0.402. The topological polar surface area (TPSA) is 68.3 Å². The Kier molecular flexibility index (Phi) is 3.61. The third-order valence-electron chi connectivity index (χ3n) is 2.21. The molecule has 0 atom stereocenters. The van der Waals surface area contributed by atoms with Crippen LogP contribution in [0.3, 0.4) is 0 Å². The second-order valence-corrected chi connectivity index (χ2v) is 4.33. The maximum Gasteiger partial charge on any atom is 0.433 e. The van der Waals surface area contributed by atoms with Gasteiger partial charge in [0.05, 0.1) is 12.6 Å². The van der Waals surface area contributed by atoms with Crippen molar-refractivity contribution in [2.24, 2.45) is 0 Å². The first-order valence-corrected chi connectivity index (χ1v) is 5.77. The van der Waals surface area contributed by atoms with Gasteiger partial charge in [0.25, 0.3) is 0 Å². The molecule has 0 aliphatic heterocycles. The smallest absolute Gasteiger partial charge is 0.404 e. The van der Waals surface area contributed by atoms with Crippen LogP contribution in [0.4, 0.5) is 16.0 Å². The molecule has 0 aliphatic carbocycles. The third kappa shape index (κ3) is 2.86. The normalized spacial score (nSPS) is 10.3. The van der Waals surface area contributed by atoms with Gasteiger partial charge in [-0.05, 0) is 40.2 Å². The Bertz CT molecular complexity index is 585. The van der Waals surface area contributed by atoms with Crippen LogP contribution in [-0.2, 0) is 6.54 Å². The first-order valence-electron chi connectivity index (χ1n) is 4.98. The second-order valence-electron chi connectivity index (χ2n) is 3.47. The minimum atomic E-state index is -0.600. The van der Waals surface area contributed by atoms with Gasteiger partial charge in [0.15, 0.2) is 0 Å². The van der Waals surface area contributed by atoms with Crippen LogP contribution in [0.5, 0.6) is 0 Å². The molecule has 0 spiro atoms. The predicted octanol–water partition coefficient (Wildman–Crippen LogP) is 3.70. The van der Waals surface area contributed by atoms with E-state index in [9.17, 15) is 14.5 Å². The van der Waals surface area contributed by atoms with Crippen molar-refractivity contribution >= 4 is 27.5 Å². The number of nitro groups is 1. The Morgan fingerprint density at radius 2 is 2.17 bits per heavy atom. The maximum atomic E-state index is 12.9. The summed E-state index contributed by atoms with van der Waals surface area (Å²) in [6, 6.07) is 7.01. The molecule has 1 aromatic heterocycles. The second kappa shape index (κ2) is 5.18. The Balaban J connectivity index is 2.04. The molecule has 1 aromatic carbocycles. The van der Waals surface area contributed by atoms with Gasteiger partial charge in [0.2, 0.25) is 0 Å². The highest BCUT2D eigenvalue weighted by atomic mass is 79.9. The number of rotatable bonds is 4. The lowest BCUT2D eigenvalue weighted by Gasteiger charge is -2.06. The summed E-state index contributed by atoms with van der Waals surface area (Å²) in [6.07, 6.45) is 0. The molecule has 0 bridgehead atoms. The average Bonchev–Trinajstić information content (AvgIpc) is 2.76. The molecule has 5 nitrogen and oxygen atoms in total. The summed E-state index contributed by atoms with van der Waals surface area (Å²) >= 11 is 3.21. The highest BCUT2D eigenvalue weighted by Gasteiger charge is 2.11. The Morgan fingerprint density at radius 1 is 1.39 bits per heavy atom. The first-order chi connectivity index (χ1) is 8.56. The summed E-state index contributed by atoms with van der Waals surface area (Å²) in [7, 11) is 0. The highest BCUT2D eigenvalue weighted by molar-refractivity contribution is 9.10. The molecule has 2 aromatic rings. The van der Waals surface area contributed by atoms with E-state index < -0.39 is 4.92 Å². The minimum absolute atomic E-state index is 0.276. The number of nitrogens with zero attached hydrogens (tertiary/aromatic N) is 1. The van der Waals surface area contributed by atoms with Gasteiger partial charge < -0.3 is 9.73 Å². The SMILES string of the molecule is O=[N+]([O-])c1ccc(CNc2ccc(F)cc2Br)o1. The van der Waals surface area contributed by atoms with E-state index in [0.29, 0.717) is 15.9 Å². The fourth-order valence-electron chi connectivity index (χ4n) is 1.37. The summed E-state index contributed by atoms with van der Waals surface area (Å²) in [5.41, 5.74) is 0.676. The van der Waals surface area contributed by atoms with Crippen LogP contribution in [0.25, 0.3) is 0 Å². The molecule has 7 heteroatoms.